The number of fused-ring (bicyclic) bond motifs is 1. The smallest absolute Gasteiger partial charge is 0.411 e. The van der Waals surface area contributed by atoms with E-state index in [1.54, 1.807) is 22.9 Å². The van der Waals surface area contributed by atoms with Gasteiger partial charge in [0.15, 0.2) is 0 Å². The number of benzene rings is 1. The van der Waals surface area contributed by atoms with Crippen LogP contribution in [0.1, 0.15) is 32.8 Å². The Morgan fingerprint density at radius 2 is 1.68 bits per heavy atom. The molecule has 2 N–H and O–H groups in total. The summed E-state index contributed by atoms with van der Waals surface area (Å²) in [4.78, 5) is 32.1. The minimum Gasteiger partial charge on any atom is -0.495 e. The summed E-state index contributed by atoms with van der Waals surface area (Å²) < 4.78 is 17.6. The summed E-state index contributed by atoms with van der Waals surface area (Å²) >= 11 is 13.6. The van der Waals surface area contributed by atoms with Gasteiger partial charge in [-0.1, -0.05) is 44.0 Å². The minimum atomic E-state index is -0.997. The van der Waals surface area contributed by atoms with Gasteiger partial charge < -0.3 is 29.4 Å². The number of carbonyl (C=O) groups is 1. The molecule has 11 heteroatoms. The van der Waals surface area contributed by atoms with Gasteiger partial charge in [0.05, 0.1) is 35.3 Å². The van der Waals surface area contributed by atoms with E-state index in [0.717, 1.165) is 6.54 Å². The van der Waals surface area contributed by atoms with Crippen molar-refractivity contribution in [1.82, 2.24) is 14.5 Å². The first-order chi connectivity index (χ1) is 17.3. The van der Waals surface area contributed by atoms with Gasteiger partial charge in [0.25, 0.3) is 5.56 Å². The lowest BCUT2D eigenvalue weighted by molar-refractivity contribution is 0.209. The van der Waals surface area contributed by atoms with Crippen LogP contribution in [0.4, 0.5) is 4.79 Å². The van der Waals surface area contributed by atoms with E-state index in [9.17, 15) is 9.59 Å². The van der Waals surface area contributed by atoms with Gasteiger partial charge in [0.1, 0.15) is 11.5 Å². The summed E-state index contributed by atoms with van der Waals surface area (Å²) in [6.45, 7) is 7.06. The third-order valence-corrected chi connectivity index (χ3v) is 6.64. The third-order valence-electron chi connectivity index (χ3n) is 5.89. The van der Waals surface area contributed by atoms with E-state index < -0.39 is 11.5 Å². The zero-order valence-electron chi connectivity index (χ0n) is 22.1. The SMILES string of the molecule is COc1cc(OC)c(Cl)c(-c2c(C(C)(C)C)c3cnc(OC(N)=O)cc3n(CCCN(C)C)c2=O)c1Cl. The molecule has 2 heterocycles. The maximum absolute atomic E-state index is 14.4. The van der Waals surface area contributed by atoms with Crippen molar-refractivity contribution in [1.29, 1.82) is 0 Å². The highest BCUT2D eigenvalue weighted by atomic mass is 35.5. The van der Waals surface area contributed by atoms with Crippen molar-refractivity contribution in [3.05, 3.63) is 44.3 Å². The van der Waals surface area contributed by atoms with Crippen molar-refractivity contribution in [2.75, 3.05) is 34.9 Å². The topological polar surface area (TPSA) is 109 Å². The van der Waals surface area contributed by atoms with E-state index in [2.05, 4.69) is 4.98 Å². The van der Waals surface area contributed by atoms with Crippen LogP contribution in [-0.2, 0) is 12.0 Å². The first-order valence-electron chi connectivity index (χ1n) is 11.6. The summed E-state index contributed by atoms with van der Waals surface area (Å²) in [5, 5.41) is 1.06. The quantitative estimate of drug-likeness (QED) is 0.415. The molecule has 0 aliphatic rings. The molecule has 0 unspecified atom stereocenters. The summed E-state index contributed by atoms with van der Waals surface area (Å²) in [5.74, 6) is 0.631. The summed E-state index contributed by atoms with van der Waals surface area (Å²) in [5.41, 5.74) is 6.20. The highest BCUT2D eigenvalue weighted by Gasteiger charge is 2.31. The molecular weight excluding hydrogens is 519 g/mol. The minimum absolute atomic E-state index is 0.00696. The van der Waals surface area contributed by atoms with E-state index in [4.69, 9.17) is 43.1 Å². The Labute approximate surface area is 226 Å². The molecule has 9 nitrogen and oxygen atoms in total. The molecule has 37 heavy (non-hydrogen) atoms. The van der Waals surface area contributed by atoms with Gasteiger partial charge in [-0.15, -0.1) is 0 Å². The number of carbonyl (C=O) groups excluding carboxylic acids is 1. The molecule has 3 rings (SSSR count). The number of methoxy groups -OCH3 is 2. The van der Waals surface area contributed by atoms with Crippen LogP contribution < -0.4 is 25.5 Å². The monoisotopic (exact) mass is 550 g/mol. The second-order valence-corrected chi connectivity index (χ2v) is 10.6. The number of aryl methyl sites for hydroxylation is 1. The summed E-state index contributed by atoms with van der Waals surface area (Å²) in [6.07, 6.45) is 1.25. The van der Waals surface area contributed by atoms with Crippen LogP contribution in [0.3, 0.4) is 0 Å². The Balaban J connectivity index is 2.54. The molecule has 0 aliphatic heterocycles. The number of primary amides is 1. The summed E-state index contributed by atoms with van der Waals surface area (Å²) in [7, 11) is 6.87. The van der Waals surface area contributed by atoms with Crippen LogP contribution in [0.15, 0.2) is 23.1 Å². The van der Waals surface area contributed by atoms with Crippen LogP contribution in [0.25, 0.3) is 22.0 Å². The number of nitrogens with two attached hydrogens (primary N) is 1. The first-order valence-corrected chi connectivity index (χ1v) is 12.4. The Hall–Kier alpha value is -3.01. The molecule has 1 aromatic carbocycles. The van der Waals surface area contributed by atoms with Gasteiger partial charge in [-0.25, -0.2) is 9.78 Å². The molecule has 0 atom stereocenters. The van der Waals surface area contributed by atoms with Crippen LogP contribution in [-0.4, -0.2) is 55.4 Å². The lowest BCUT2D eigenvalue weighted by atomic mass is 9.80. The number of amides is 1. The van der Waals surface area contributed by atoms with Gasteiger partial charge >= 0.3 is 6.09 Å². The van der Waals surface area contributed by atoms with Crippen LogP contribution >= 0.6 is 23.2 Å². The fourth-order valence-corrected chi connectivity index (χ4v) is 5.06. The van der Waals surface area contributed by atoms with Gasteiger partial charge in [-0.2, -0.15) is 0 Å². The lowest BCUT2D eigenvalue weighted by Crippen LogP contribution is -2.29. The number of nitrogens with zero attached hydrogens (tertiary/aromatic N) is 3. The molecule has 2 aromatic heterocycles. The Kier molecular flexibility index (Phi) is 8.62. The molecule has 0 fully saturated rings. The van der Waals surface area contributed by atoms with Crippen LogP contribution in [0.2, 0.25) is 10.0 Å². The highest BCUT2D eigenvalue weighted by Crippen LogP contribution is 2.48. The fourth-order valence-electron chi connectivity index (χ4n) is 4.37. The lowest BCUT2D eigenvalue weighted by Gasteiger charge is -2.28. The van der Waals surface area contributed by atoms with Gasteiger partial charge in [-0.3, -0.25) is 4.79 Å². The number of hydrogen-bond acceptors (Lipinski definition) is 7. The normalized spacial score (nSPS) is 11.7. The standard InChI is InChI=1S/C26H32Cl2N4O5/c1-26(2,3)21-14-13-30-18(37-25(29)34)11-15(14)32(10-8-9-31(4)5)24(33)19(21)20-22(27)16(35-6)12-17(36-7)23(20)28/h11-13H,8-10H2,1-7H3,(H2,29,34). The first kappa shape index (κ1) is 28.6. The molecule has 0 bridgehead atoms. The van der Waals surface area contributed by atoms with Gasteiger partial charge in [-0.05, 0) is 38.0 Å². The van der Waals surface area contributed by atoms with E-state index in [0.29, 0.717) is 52.1 Å². The van der Waals surface area contributed by atoms with E-state index in [1.807, 2.05) is 39.8 Å². The zero-order chi connectivity index (χ0) is 27.7. The average molecular weight is 551 g/mol. The van der Waals surface area contributed by atoms with Crippen LogP contribution in [0, 0.1) is 0 Å². The molecule has 3 aromatic rings. The average Bonchev–Trinajstić information content (AvgIpc) is 2.80. The van der Waals surface area contributed by atoms with E-state index in [1.165, 1.54) is 14.2 Å². The number of ether oxygens (including phenoxy) is 3. The molecule has 0 saturated heterocycles. The zero-order valence-corrected chi connectivity index (χ0v) is 23.6. The Morgan fingerprint density at radius 1 is 1.08 bits per heavy atom. The van der Waals surface area contributed by atoms with Crippen molar-refractivity contribution in [2.24, 2.45) is 5.73 Å². The fraction of sp³-hybridized carbons (Fsp3) is 0.423. The van der Waals surface area contributed by atoms with E-state index >= 15 is 0 Å². The van der Waals surface area contributed by atoms with Crippen molar-refractivity contribution < 1.29 is 19.0 Å². The predicted octanol–water partition coefficient (Wildman–Crippen LogP) is 5.09. The number of aromatic nitrogens is 2. The largest absolute Gasteiger partial charge is 0.495 e. The maximum atomic E-state index is 14.4. The molecule has 0 aliphatic carbocycles. The second kappa shape index (κ2) is 11.2. The highest BCUT2D eigenvalue weighted by molar-refractivity contribution is 6.41. The maximum Gasteiger partial charge on any atom is 0.411 e. The predicted molar refractivity (Wildman–Crippen MR) is 147 cm³/mol. The van der Waals surface area contributed by atoms with Crippen LogP contribution in [0.5, 0.6) is 17.4 Å². The van der Waals surface area contributed by atoms with Gasteiger partial charge in [0, 0.05) is 35.8 Å². The van der Waals surface area contributed by atoms with Crippen molar-refractivity contribution in [2.45, 2.75) is 39.2 Å². The molecule has 1 amide bonds. The molecule has 200 valence electrons. The molecule has 0 spiro atoms. The van der Waals surface area contributed by atoms with Crippen molar-refractivity contribution in [3.63, 3.8) is 0 Å². The second-order valence-electron chi connectivity index (χ2n) is 9.86. The summed E-state index contributed by atoms with van der Waals surface area (Å²) in [6, 6.07) is 3.13. The number of rotatable bonds is 8. The molecular formula is C26H32Cl2N4O5. The molecule has 0 radical (unpaired) electrons. The Bertz CT molecular complexity index is 1370. The van der Waals surface area contributed by atoms with Crippen molar-refractivity contribution >= 4 is 40.2 Å². The number of halogens is 2. The third kappa shape index (κ3) is 5.79. The van der Waals surface area contributed by atoms with Gasteiger partial charge in [0.2, 0.25) is 5.88 Å². The molecule has 0 saturated carbocycles. The number of hydrogen-bond donors (Lipinski definition) is 1. The van der Waals surface area contributed by atoms with Crippen molar-refractivity contribution in [3.8, 4) is 28.5 Å². The Morgan fingerprint density at radius 3 is 2.16 bits per heavy atom. The number of pyridine rings is 2. The van der Waals surface area contributed by atoms with E-state index in [-0.39, 0.29) is 21.5 Å².